The average molecular weight is 442 g/mol. The maximum absolute atomic E-state index is 12.6. The van der Waals surface area contributed by atoms with Gasteiger partial charge in [0.25, 0.3) is 0 Å². The van der Waals surface area contributed by atoms with Gasteiger partial charge in [-0.2, -0.15) is 13.8 Å². The van der Waals surface area contributed by atoms with Crippen molar-refractivity contribution in [3.8, 4) is 5.75 Å². The van der Waals surface area contributed by atoms with Crippen molar-refractivity contribution in [1.82, 2.24) is 15.3 Å². The lowest BCUT2D eigenvalue weighted by Crippen LogP contribution is -2.37. The zero-order valence-electron chi connectivity index (χ0n) is 18.4. The predicted octanol–water partition coefficient (Wildman–Crippen LogP) is 4.81. The predicted molar refractivity (Wildman–Crippen MR) is 123 cm³/mol. The minimum atomic E-state index is -2.82. The molecule has 1 aromatic heterocycles. The molecular weight excluding hydrogens is 412 g/mol. The molecule has 1 aliphatic rings. The van der Waals surface area contributed by atoms with Gasteiger partial charge >= 0.3 is 6.61 Å². The first-order valence-corrected chi connectivity index (χ1v) is 11.0. The number of hydrogen-bond acceptors (Lipinski definition) is 6. The Morgan fingerprint density at radius 1 is 0.969 bits per heavy atom. The number of fused-ring (bicyclic) bond motifs is 1. The molecule has 3 aromatic rings. The normalized spacial score (nSPS) is 18.7. The second kappa shape index (κ2) is 10.1. The van der Waals surface area contributed by atoms with Crippen LogP contribution in [-0.2, 0) is 6.54 Å². The van der Waals surface area contributed by atoms with Crippen molar-refractivity contribution < 1.29 is 13.5 Å². The summed E-state index contributed by atoms with van der Waals surface area (Å²) >= 11 is 0. The molecule has 32 heavy (non-hydrogen) atoms. The molecule has 170 valence electrons. The van der Waals surface area contributed by atoms with E-state index >= 15 is 0 Å². The Kier molecular flexibility index (Phi) is 6.99. The van der Waals surface area contributed by atoms with Gasteiger partial charge in [0.05, 0.1) is 5.52 Å². The van der Waals surface area contributed by atoms with Crippen LogP contribution < -0.4 is 20.3 Å². The van der Waals surface area contributed by atoms with Gasteiger partial charge in [-0.1, -0.05) is 30.3 Å². The van der Waals surface area contributed by atoms with E-state index in [-0.39, 0.29) is 5.75 Å². The summed E-state index contributed by atoms with van der Waals surface area (Å²) in [7, 11) is 3.97. The summed E-state index contributed by atoms with van der Waals surface area (Å²) in [4.78, 5) is 11.4. The Balaban J connectivity index is 1.33. The third-order valence-corrected chi connectivity index (χ3v) is 5.84. The number of ether oxygens (including phenoxy) is 1. The molecule has 1 saturated carbocycles. The Morgan fingerprint density at radius 2 is 1.66 bits per heavy atom. The van der Waals surface area contributed by atoms with E-state index in [4.69, 9.17) is 9.97 Å². The smallest absolute Gasteiger partial charge is 0.387 e. The highest BCUT2D eigenvalue weighted by Crippen LogP contribution is 2.27. The molecule has 4 rings (SSSR count). The first-order chi connectivity index (χ1) is 15.5. The number of alkyl halides is 2. The van der Waals surface area contributed by atoms with Crippen LogP contribution >= 0.6 is 0 Å². The van der Waals surface area contributed by atoms with Gasteiger partial charge in [0.1, 0.15) is 11.6 Å². The Labute approximate surface area is 187 Å². The SMILES string of the molecule is CN(C)c1nc(NC2CCC(NCc3ccccc3OC(F)F)CC2)nc2ccccc12. The van der Waals surface area contributed by atoms with Crippen LogP contribution in [-0.4, -0.2) is 42.8 Å². The number of aromatic nitrogens is 2. The summed E-state index contributed by atoms with van der Waals surface area (Å²) in [5.41, 5.74) is 1.67. The third kappa shape index (κ3) is 5.43. The van der Waals surface area contributed by atoms with Gasteiger partial charge < -0.3 is 20.3 Å². The zero-order valence-corrected chi connectivity index (χ0v) is 18.4. The van der Waals surface area contributed by atoms with Gasteiger partial charge in [0.2, 0.25) is 5.95 Å². The van der Waals surface area contributed by atoms with Gasteiger partial charge in [-0.15, -0.1) is 0 Å². The lowest BCUT2D eigenvalue weighted by atomic mass is 9.91. The molecular formula is C24H29F2N5O. The number of anilines is 2. The molecule has 0 saturated heterocycles. The highest BCUT2D eigenvalue weighted by Gasteiger charge is 2.22. The molecule has 0 radical (unpaired) electrons. The Morgan fingerprint density at radius 3 is 2.41 bits per heavy atom. The maximum atomic E-state index is 12.6. The molecule has 6 nitrogen and oxygen atoms in total. The fraction of sp³-hybridized carbons (Fsp3) is 0.417. The van der Waals surface area contributed by atoms with Crippen LogP contribution in [0.3, 0.4) is 0 Å². The quantitative estimate of drug-likeness (QED) is 0.523. The number of para-hydroxylation sites is 2. The molecule has 0 aliphatic heterocycles. The minimum absolute atomic E-state index is 0.232. The van der Waals surface area contributed by atoms with Crippen LogP contribution in [0.25, 0.3) is 10.9 Å². The van der Waals surface area contributed by atoms with Gasteiger partial charge in [-0.05, 0) is 43.9 Å². The monoisotopic (exact) mass is 441 g/mol. The average Bonchev–Trinajstić information content (AvgIpc) is 2.78. The van der Waals surface area contributed by atoms with Crippen LogP contribution in [0.5, 0.6) is 5.75 Å². The molecule has 0 unspecified atom stereocenters. The van der Waals surface area contributed by atoms with E-state index in [2.05, 4.69) is 15.4 Å². The number of benzene rings is 2. The minimum Gasteiger partial charge on any atom is -0.434 e. The van der Waals surface area contributed by atoms with Crippen molar-refractivity contribution in [2.45, 2.75) is 50.9 Å². The van der Waals surface area contributed by atoms with E-state index in [0.717, 1.165) is 48.0 Å². The lowest BCUT2D eigenvalue weighted by molar-refractivity contribution is -0.0505. The highest BCUT2D eigenvalue weighted by atomic mass is 19.3. The standard InChI is InChI=1S/C24H29F2N5O/c1-31(2)22-19-8-4-5-9-20(19)29-24(30-22)28-18-13-11-17(12-14-18)27-15-16-7-3-6-10-21(16)32-23(25)26/h3-10,17-18,23,27H,11-15H2,1-2H3,(H,28,29,30). The molecule has 0 spiro atoms. The number of hydrogen-bond donors (Lipinski definition) is 2. The fourth-order valence-corrected chi connectivity index (χ4v) is 4.20. The van der Waals surface area contributed by atoms with Gasteiger partial charge in [0, 0.05) is 43.7 Å². The van der Waals surface area contributed by atoms with Crippen LogP contribution in [0.1, 0.15) is 31.2 Å². The topological polar surface area (TPSA) is 62.3 Å². The van der Waals surface area contributed by atoms with Crippen molar-refractivity contribution in [2.24, 2.45) is 0 Å². The van der Waals surface area contributed by atoms with E-state index in [1.54, 1.807) is 12.1 Å². The molecule has 2 aromatic carbocycles. The van der Waals surface area contributed by atoms with Crippen LogP contribution in [0, 0.1) is 0 Å². The fourth-order valence-electron chi connectivity index (χ4n) is 4.20. The van der Waals surface area contributed by atoms with E-state index in [0.29, 0.717) is 24.6 Å². The summed E-state index contributed by atoms with van der Waals surface area (Å²) in [5.74, 6) is 1.79. The number of nitrogens with zero attached hydrogens (tertiary/aromatic N) is 3. The zero-order chi connectivity index (χ0) is 22.5. The first kappa shape index (κ1) is 22.2. The molecule has 0 amide bonds. The van der Waals surface area contributed by atoms with E-state index in [1.165, 1.54) is 0 Å². The molecule has 0 atom stereocenters. The van der Waals surface area contributed by atoms with E-state index in [9.17, 15) is 8.78 Å². The Bertz CT molecular complexity index is 1040. The number of nitrogens with one attached hydrogen (secondary N) is 2. The molecule has 1 heterocycles. The molecule has 0 bridgehead atoms. The number of halogens is 2. The number of rotatable bonds is 8. The summed E-state index contributed by atoms with van der Waals surface area (Å²) in [6.45, 7) is -2.31. The van der Waals surface area contributed by atoms with E-state index in [1.807, 2.05) is 55.4 Å². The van der Waals surface area contributed by atoms with Crippen molar-refractivity contribution >= 4 is 22.7 Å². The maximum Gasteiger partial charge on any atom is 0.387 e. The molecule has 1 fully saturated rings. The summed E-state index contributed by atoms with van der Waals surface area (Å²) in [6, 6.07) is 15.6. The Hall–Kier alpha value is -3.00. The summed E-state index contributed by atoms with van der Waals surface area (Å²) in [5, 5.41) is 8.04. The highest BCUT2D eigenvalue weighted by molar-refractivity contribution is 5.90. The largest absolute Gasteiger partial charge is 0.434 e. The van der Waals surface area contributed by atoms with Crippen LogP contribution in [0.4, 0.5) is 20.5 Å². The van der Waals surface area contributed by atoms with Crippen LogP contribution in [0.2, 0.25) is 0 Å². The summed E-state index contributed by atoms with van der Waals surface area (Å²) < 4.78 is 29.8. The lowest BCUT2D eigenvalue weighted by Gasteiger charge is -2.30. The van der Waals surface area contributed by atoms with Crippen molar-refractivity contribution in [3.05, 3.63) is 54.1 Å². The van der Waals surface area contributed by atoms with E-state index < -0.39 is 6.61 Å². The van der Waals surface area contributed by atoms with Crippen molar-refractivity contribution in [1.29, 1.82) is 0 Å². The molecule has 1 aliphatic carbocycles. The second-order valence-electron chi connectivity index (χ2n) is 8.34. The van der Waals surface area contributed by atoms with Crippen molar-refractivity contribution in [3.63, 3.8) is 0 Å². The second-order valence-corrected chi connectivity index (χ2v) is 8.34. The van der Waals surface area contributed by atoms with Gasteiger partial charge in [-0.3, -0.25) is 0 Å². The van der Waals surface area contributed by atoms with Crippen molar-refractivity contribution in [2.75, 3.05) is 24.3 Å². The first-order valence-electron chi connectivity index (χ1n) is 11.0. The van der Waals surface area contributed by atoms with Gasteiger partial charge in [0.15, 0.2) is 0 Å². The molecule has 8 heteroatoms. The third-order valence-electron chi connectivity index (χ3n) is 5.84. The van der Waals surface area contributed by atoms with Crippen LogP contribution in [0.15, 0.2) is 48.5 Å². The summed E-state index contributed by atoms with van der Waals surface area (Å²) in [6.07, 6.45) is 3.95. The molecule has 2 N–H and O–H groups in total. The van der Waals surface area contributed by atoms with Gasteiger partial charge in [-0.25, -0.2) is 4.98 Å².